The average Bonchev–Trinajstić information content (AvgIpc) is 3.40. The number of pyridine rings is 1. The summed E-state index contributed by atoms with van der Waals surface area (Å²) in [5, 5.41) is 6.59. The normalized spacial score (nSPS) is 17.2. The average molecular weight is 504 g/mol. The van der Waals surface area contributed by atoms with E-state index in [2.05, 4.69) is 49.6 Å². The van der Waals surface area contributed by atoms with E-state index in [1.54, 1.807) is 0 Å². The minimum atomic E-state index is -0.796. The van der Waals surface area contributed by atoms with Gasteiger partial charge in [-0.1, -0.05) is 35.5 Å². The molecule has 1 fully saturated rings. The lowest BCUT2D eigenvalue weighted by atomic mass is 9.93. The molecule has 2 aliphatic rings. The maximum absolute atomic E-state index is 12.6. The number of carbonyl (C=O) groups is 3. The fourth-order valence-electron chi connectivity index (χ4n) is 4.34. The molecule has 1 aromatic carbocycles. The third-order valence-corrected chi connectivity index (χ3v) is 6.28. The number of nitrogens with one attached hydrogen (secondary N) is 1. The summed E-state index contributed by atoms with van der Waals surface area (Å²) in [6, 6.07) is 11.9. The molecule has 190 valence electrons. The lowest BCUT2D eigenvalue weighted by molar-refractivity contribution is -0.133. The second kappa shape index (κ2) is 11.1. The van der Waals surface area contributed by atoms with Crippen LogP contribution in [0.25, 0.3) is 11.5 Å². The van der Waals surface area contributed by atoms with Crippen LogP contribution in [-0.2, 0) is 16.1 Å². The Labute approximate surface area is 212 Å². The van der Waals surface area contributed by atoms with Crippen molar-refractivity contribution in [1.82, 2.24) is 25.3 Å². The number of fused-ring (bicyclic) bond motifs is 1. The number of carbonyl (C=O) groups excluding carboxylic acids is 3. The van der Waals surface area contributed by atoms with Crippen LogP contribution < -0.4 is 14.8 Å². The van der Waals surface area contributed by atoms with Crippen LogP contribution >= 0.6 is 0 Å². The van der Waals surface area contributed by atoms with Crippen LogP contribution in [0.3, 0.4) is 0 Å². The number of piperidine rings is 1. The molecule has 0 bridgehead atoms. The van der Waals surface area contributed by atoms with Crippen LogP contribution in [0.1, 0.15) is 35.4 Å². The van der Waals surface area contributed by atoms with Crippen molar-refractivity contribution in [3.63, 3.8) is 0 Å². The fourth-order valence-corrected chi connectivity index (χ4v) is 4.34. The second-order valence-electron chi connectivity index (χ2n) is 8.84. The van der Waals surface area contributed by atoms with Gasteiger partial charge in [0.15, 0.2) is 0 Å². The number of hydrogen-bond donors (Lipinski definition) is 1. The molecule has 1 amide bonds. The predicted molar refractivity (Wildman–Crippen MR) is 129 cm³/mol. The van der Waals surface area contributed by atoms with Gasteiger partial charge in [0, 0.05) is 31.4 Å². The highest BCUT2D eigenvalue weighted by Crippen LogP contribution is 2.36. The van der Waals surface area contributed by atoms with Gasteiger partial charge in [-0.05, 0) is 49.9 Å². The summed E-state index contributed by atoms with van der Waals surface area (Å²) in [6.07, 6.45) is 6.23. The van der Waals surface area contributed by atoms with Gasteiger partial charge in [0.05, 0.1) is 5.56 Å². The van der Waals surface area contributed by atoms with Gasteiger partial charge in [0.25, 0.3) is 23.5 Å². The van der Waals surface area contributed by atoms with E-state index in [4.69, 9.17) is 14.0 Å². The summed E-state index contributed by atoms with van der Waals surface area (Å²) in [4.78, 5) is 46.7. The molecule has 2 aromatic heterocycles. The van der Waals surface area contributed by atoms with E-state index in [1.165, 1.54) is 17.8 Å². The van der Waals surface area contributed by atoms with Gasteiger partial charge < -0.3 is 19.3 Å². The van der Waals surface area contributed by atoms with Crippen molar-refractivity contribution >= 4 is 17.8 Å². The van der Waals surface area contributed by atoms with Gasteiger partial charge in [-0.25, -0.2) is 14.6 Å². The summed E-state index contributed by atoms with van der Waals surface area (Å²) < 4.78 is 15.5. The molecule has 0 aliphatic carbocycles. The molecule has 4 heterocycles. The maximum Gasteiger partial charge on any atom is 0.337 e. The van der Waals surface area contributed by atoms with Gasteiger partial charge in [-0.2, -0.15) is 4.98 Å². The number of benzene rings is 1. The number of aromatic nitrogens is 3. The number of amides is 1. The lowest BCUT2D eigenvalue weighted by Crippen LogP contribution is -2.35. The SMILES string of the molecule is O=C1/C=C/C(=O)Oc2c(-c3nc(C(=O)NCCC4CCN(Cc5ccccc5)CC4)no3)ccnc2O1. The van der Waals surface area contributed by atoms with Gasteiger partial charge >= 0.3 is 11.9 Å². The Balaban J connectivity index is 1.14. The first-order chi connectivity index (χ1) is 18.0. The first-order valence-electron chi connectivity index (χ1n) is 12.0. The van der Waals surface area contributed by atoms with Gasteiger partial charge in [0.2, 0.25) is 5.75 Å². The van der Waals surface area contributed by atoms with Crippen LogP contribution in [0.15, 0.2) is 59.3 Å². The molecule has 0 radical (unpaired) electrons. The van der Waals surface area contributed by atoms with Crippen molar-refractivity contribution in [2.75, 3.05) is 19.6 Å². The topological polar surface area (TPSA) is 137 Å². The summed E-state index contributed by atoms with van der Waals surface area (Å²) in [5.41, 5.74) is 1.48. The zero-order valence-electron chi connectivity index (χ0n) is 20.0. The molecular formula is C26H25N5O6. The van der Waals surface area contributed by atoms with Crippen molar-refractivity contribution < 1.29 is 28.4 Å². The summed E-state index contributed by atoms with van der Waals surface area (Å²) in [5.74, 6) is -2.13. The Bertz CT molecular complexity index is 1310. The zero-order valence-corrected chi connectivity index (χ0v) is 20.0. The van der Waals surface area contributed by atoms with Crippen molar-refractivity contribution in [3.05, 3.63) is 66.1 Å². The van der Waals surface area contributed by atoms with Crippen LogP contribution in [-0.4, -0.2) is 57.5 Å². The third kappa shape index (κ3) is 6.07. The molecule has 2 aliphatic heterocycles. The molecule has 11 heteroatoms. The Morgan fingerprint density at radius 1 is 1.03 bits per heavy atom. The predicted octanol–water partition coefficient (Wildman–Crippen LogP) is 2.54. The number of esters is 2. The van der Waals surface area contributed by atoms with Gasteiger partial charge in [-0.3, -0.25) is 9.69 Å². The number of rotatable bonds is 7. The lowest BCUT2D eigenvalue weighted by Gasteiger charge is -2.32. The van der Waals surface area contributed by atoms with Crippen LogP contribution in [0.5, 0.6) is 11.6 Å². The number of nitrogens with zero attached hydrogens (tertiary/aromatic N) is 4. The van der Waals surface area contributed by atoms with E-state index in [1.807, 2.05) is 6.07 Å². The molecule has 0 atom stereocenters. The highest BCUT2D eigenvalue weighted by atomic mass is 16.6. The van der Waals surface area contributed by atoms with Crippen LogP contribution in [0.4, 0.5) is 0 Å². The van der Waals surface area contributed by atoms with Crippen molar-refractivity contribution in [3.8, 4) is 23.1 Å². The monoisotopic (exact) mass is 503 g/mol. The molecule has 1 N–H and O–H groups in total. The van der Waals surface area contributed by atoms with Gasteiger partial charge in [-0.15, -0.1) is 0 Å². The van der Waals surface area contributed by atoms with Gasteiger partial charge in [0.1, 0.15) is 0 Å². The minimum absolute atomic E-state index is 0.0806. The first-order valence-corrected chi connectivity index (χ1v) is 12.0. The standard InChI is InChI=1S/C26H25N5O6/c32-20-6-7-21(33)36-26-22(35-20)19(9-13-28-26)25-29-23(30-37-25)24(34)27-12-8-17-10-14-31(15-11-17)16-18-4-2-1-3-5-18/h1-7,9,13,17H,8,10-12,14-16H2,(H,27,34)/b7-6+. The first kappa shape index (κ1) is 24.3. The van der Waals surface area contributed by atoms with Crippen LogP contribution in [0.2, 0.25) is 0 Å². The van der Waals surface area contributed by atoms with E-state index in [9.17, 15) is 14.4 Å². The molecule has 11 nitrogen and oxygen atoms in total. The smallest absolute Gasteiger partial charge is 0.337 e. The van der Waals surface area contributed by atoms with Crippen molar-refractivity contribution in [2.24, 2.45) is 5.92 Å². The molecule has 1 saturated heterocycles. The van der Waals surface area contributed by atoms with E-state index < -0.39 is 17.8 Å². The summed E-state index contributed by atoms with van der Waals surface area (Å²) in [6.45, 7) is 3.53. The quantitative estimate of drug-likeness (QED) is 0.479. The minimum Gasteiger partial charge on any atom is -0.417 e. The second-order valence-corrected chi connectivity index (χ2v) is 8.84. The van der Waals surface area contributed by atoms with E-state index in [-0.39, 0.29) is 28.9 Å². The molecule has 0 saturated carbocycles. The summed E-state index contributed by atoms with van der Waals surface area (Å²) >= 11 is 0. The van der Waals surface area contributed by atoms with Crippen molar-refractivity contribution in [2.45, 2.75) is 25.8 Å². The Morgan fingerprint density at radius 3 is 2.57 bits per heavy atom. The van der Waals surface area contributed by atoms with Crippen molar-refractivity contribution in [1.29, 1.82) is 0 Å². The van der Waals surface area contributed by atoms with Crippen LogP contribution in [0, 0.1) is 5.92 Å². The number of hydrogen-bond acceptors (Lipinski definition) is 10. The molecule has 5 rings (SSSR count). The molecule has 0 unspecified atom stereocenters. The fraction of sp³-hybridized carbons (Fsp3) is 0.308. The van der Waals surface area contributed by atoms with E-state index in [0.29, 0.717) is 12.5 Å². The Kier molecular flexibility index (Phi) is 7.31. The van der Waals surface area contributed by atoms with E-state index in [0.717, 1.165) is 51.0 Å². The molecule has 37 heavy (non-hydrogen) atoms. The highest BCUT2D eigenvalue weighted by molar-refractivity contribution is 5.96. The highest BCUT2D eigenvalue weighted by Gasteiger charge is 2.26. The third-order valence-electron chi connectivity index (χ3n) is 6.28. The number of ether oxygens (including phenoxy) is 2. The Morgan fingerprint density at radius 2 is 1.78 bits per heavy atom. The number of likely N-dealkylation sites (tertiary alicyclic amines) is 1. The summed E-state index contributed by atoms with van der Waals surface area (Å²) in [7, 11) is 0. The van der Waals surface area contributed by atoms with E-state index >= 15 is 0 Å². The molecular weight excluding hydrogens is 478 g/mol. The molecule has 0 spiro atoms. The maximum atomic E-state index is 12.6. The Hall–Kier alpha value is -4.38. The molecule has 3 aromatic rings. The largest absolute Gasteiger partial charge is 0.417 e. The zero-order chi connectivity index (χ0) is 25.6.